The van der Waals surface area contributed by atoms with Crippen LogP contribution in [0.4, 0.5) is 20.6 Å². The van der Waals surface area contributed by atoms with Gasteiger partial charge in [0, 0.05) is 12.1 Å². The Balaban J connectivity index is 1.41. The Morgan fingerprint density at radius 3 is 2.68 bits per heavy atom. The number of carbonyl (C=O) groups is 1. The van der Waals surface area contributed by atoms with Gasteiger partial charge >= 0.3 is 6.03 Å². The van der Waals surface area contributed by atoms with E-state index in [1.165, 1.54) is 12.1 Å². The van der Waals surface area contributed by atoms with Gasteiger partial charge in [0.05, 0.1) is 11.4 Å². The fourth-order valence-electron chi connectivity index (χ4n) is 3.03. The topological polar surface area (TPSA) is 79.6 Å². The van der Waals surface area contributed by atoms with Crippen LogP contribution in [0.25, 0.3) is 0 Å². The molecular formula is C21H19FN4O2. The van der Waals surface area contributed by atoms with Crippen LogP contribution in [0.5, 0.6) is 5.75 Å². The third-order valence-electron chi connectivity index (χ3n) is 4.43. The molecule has 6 nitrogen and oxygen atoms in total. The van der Waals surface area contributed by atoms with Crippen LogP contribution in [0.2, 0.25) is 0 Å². The predicted octanol–water partition coefficient (Wildman–Crippen LogP) is 3.92. The third kappa shape index (κ3) is 3.60. The van der Waals surface area contributed by atoms with Crippen molar-refractivity contribution < 1.29 is 14.0 Å². The number of halogens is 1. The molecule has 1 unspecified atom stereocenters. The van der Waals surface area contributed by atoms with Gasteiger partial charge in [-0.1, -0.05) is 42.5 Å². The summed E-state index contributed by atoms with van der Waals surface area (Å²) in [5, 5.41) is 6.83. The number of hydroxylamine groups is 1. The second kappa shape index (κ2) is 7.58. The van der Waals surface area contributed by atoms with E-state index in [2.05, 4.69) is 10.6 Å². The van der Waals surface area contributed by atoms with Gasteiger partial charge in [-0.25, -0.2) is 9.18 Å². The fraction of sp³-hybridized carbons (Fsp3) is 0.0952. The van der Waals surface area contributed by atoms with E-state index in [9.17, 15) is 9.18 Å². The van der Waals surface area contributed by atoms with Gasteiger partial charge in [0.2, 0.25) is 0 Å². The Morgan fingerprint density at radius 2 is 1.86 bits per heavy atom. The van der Waals surface area contributed by atoms with Crippen molar-refractivity contribution in [3.05, 3.63) is 89.7 Å². The van der Waals surface area contributed by atoms with Crippen LogP contribution in [-0.4, -0.2) is 6.03 Å². The lowest BCUT2D eigenvalue weighted by molar-refractivity contribution is 0.251. The molecule has 0 radical (unpaired) electrons. The maximum atomic E-state index is 13.6. The summed E-state index contributed by atoms with van der Waals surface area (Å²) in [4.78, 5) is 17.9. The molecule has 3 aromatic rings. The molecule has 7 heteroatoms. The Bertz CT molecular complexity index is 1010. The van der Waals surface area contributed by atoms with E-state index in [0.29, 0.717) is 0 Å². The standard InChI is InChI=1S/C21H19FN4O2/c22-17-9-2-3-10-18(17)25-21(27)24-13-14-6-5-7-15(12-14)26-20(23)16-8-1-4-11-19(16)28-26/h1-12,20H,13,23H2,(H2,24,25,27). The summed E-state index contributed by atoms with van der Waals surface area (Å²) >= 11 is 0. The van der Waals surface area contributed by atoms with Crippen molar-refractivity contribution in [2.75, 3.05) is 10.4 Å². The average molecular weight is 378 g/mol. The fourth-order valence-corrected chi connectivity index (χ4v) is 3.03. The molecule has 142 valence electrons. The zero-order valence-corrected chi connectivity index (χ0v) is 14.9. The molecule has 3 aromatic carbocycles. The molecule has 1 heterocycles. The molecule has 1 atom stereocenters. The summed E-state index contributed by atoms with van der Waals surface area (Å²) in [6.07, 6.45) is -0.413. The normalized spacial score (nSPS) is 14.9. The van der Waals surface area contributed by atoms with Crippen molar-refractivity contribution in [1.29, 1.82) is 0 Å². The van der Waals surface area contributed by atoms with E-state index < -0.39 is 18.0 Å². The monoisotopic (exact) mass is 378 g/mol. The van der Waals surface area contributed by atoms with E-state index in [-0.39, 0.29) is 12.2 Å². The second-order valence-corrected chi connectivity index (χ2v) is 6.36. The van der Waals surface area contributed by atoms with Crippen molar-refractivity contribution in [2.45, 2.75) is 12.7 Å². The number of nitrogens with zero attached hydrogens (tertiary/aromatic N) is 1. The molecular weight excluding hydrogens is 359 g/mol. The molecule has 4 N–H and O–H groups in total. The van der Waals surface area contributed by atoms with Gasteiger partial charge in [-0.15, -0.1) is 0 Å². The highest BCUT2D eigenvalue weighted by atomic mass is 19.1. The molecule has 0 bridgehead atoms. The number of nitrogens with two attached hydrogens (primary N) is 1. The Hall–Kier alpha value is -3.58. The van der Waals surface area contributed by atoms with E-state index in [1.54, 1.807) is 17.2 Å². The van der Waals surface area contributed by atoms with E-state index in [1.807, 2.05) is 48.5 Å². The minimum Gasteiger partial charge on any atom is -0.377 e. The third-order valence-corrected chi connectivity index (χ3v) is 4.43. The Morgan fingerprint density at radius 1 is 1.07 bits per heavy atom. The number of amides is 2. The molecule has 0 aromatic heterocycles. The largest absolute Gasteiger partial charge is 0.377 e. The predicted molar refractivity (Wildman–Crippen MR) is 105 cm³/mol. The molecule has 0 saturated heterocycles. The Labute approximate surface area is 161 Å². The van der Waals surface area contributed by atoms with E-state index in [0.717, 1.165) is 22.6 Å². The summed E-state index contributed by atoms with van der Waals surface area (Å²) in [7, 11) is 0. The Kier molecular flexibility index (Phi) is 4.82. The number of anilines is 2. The molecule has 1 aliphatic heterocycles. The smallest absolute Gasteiger partial charge is 0.319 e. The molecule has 28 heavy (non-hydrogen) atoms. The highest BCUT2D eigenvalue weighted by Gasteiger charge is 2.29. The van der Waals surface area contributed by atoms with Gasteiger partial charge in [-0.3, -0.25) is 0 Å². The zero-order valence-electron chi connectivity index (χ0n) is 14.9. The SMILES string of the molecule is NC1c2ccccc2ON1c1cccc(CNC(=O)Nc2ccccc2F)c1. The lowest BCUT2D eigenvalue weighted by Gasteiger charge is -2.22. The molecule has 2 amide bonds. The lowest BCUT2D eigenvalue weighted by atomic mass is 10.1. The number of rotatable bonds is 4. The van der Waals surface area contributed by atoms with Crippen LogP contribution in [0.15, 0.2) is 72.8 Å². The van der Waals surface area contributed by atoms with Crippen molar-refractivity contribution in [3.8, 4) is 5.75 Å². The van der Waals surface area contributed by atoms with Crippen LogP contribution < -0.4 is 26.3 Å². The van der Waals surface area contributed by atoms with Crippen LogP contribution in [0.1, 0.15) is 17.3 Å². The van der Waals surface area contributed by atoms with Crippen LogP contribution in [0.3, 0.4) is 0 Å². The minimum atomic E-state index is -0.489. The number of benzene rings is 3. The van der Waals surface area contributed by atoms with Gasteiger partial charge in [0.1, 0.15) is 12.0 Å². The van der Waals surface area contributed by atoms with Gasteiger partial charge in [-0.05, 0) is 35.9 Å². The summed E-state index contributed by atoms with van der Waals surface area (Å²) in [6, 6.07) is 20.6. The summed E-state index contributed by atoms with van der Waals surface area (Å²) in [5.41, 5.74) is 8.95. The zero-order chi connectivity index (χ0) is 19.5. The van der Waals surface area contributed by atoms with Crippen molar-refractivity contribution in [2.24, 2.45) is 5.73 Å². The maximum absolute atomic E-state index is 13.6. The first-order chi connectivity index (χ1) is 13.6. The van der Waals surface area contributed by atoms with E-state index in [4.69, 9.17) is 10.6 Å². The first kappa shape index (κ1) is 17.8. The first-order valence-corrected chi connectivity index (χ1v) is 8.82. The molecule has 0 aliphatic carbocycles. The number of hydrogen-bond donors (Lipinski definition) is 3. The maximum Gasteiger partial charge on any atom is 0.319 e. The molecule has 1 aliphatic rings. The van der Waals surface area contributed by atoms with Gasteiger partial charge in [-0.2, -0.15) is 5.06 Å². The number of para-hydroxylation sites is 2. The number of nitrogens with one attached hydrogen (secondary N) is 2. The molecule has 0 saturated carbocycles. The highest BCUT2D eigenvalue weighted by Crippen LogP contribution is 2.37. The minimum absolute atomic E-state index is 0.128. The molecule has 0 spiro atoms. The summed E-state index contributed by atoms with van der Waals surface area (Å²) < 4.78 is 13.6. The van der Waals surface area contributed by atoms with Crippen LogP contribution >= 0.6 is 0 Å². The number of urea groups is 1. The number of fused-ring (bicyclic) bond motifs is 1. The van der Waals surface area contributed by atoms with Crippen molar-refractivity contribution in [3.63, 3.8) is 0 Å². The lowest BCUT2D eigenvalue weighted by Crippen LogP contribution is -2.32. The van der Waals surface area contributed by atoms with Gasteiger partial charge < -0.3 is 21.2 Å². The van der Waals surface area contributed by atoms with E-state index >= 15 is 0 Å². The van der Waals surface area contributed by atoms with Gasteiger partial charge in [0.25, 0.3) is 0 Å². The molecule has 0 fully saturated rings. The second-order valence-electron chi connectivity index (χ2n) is 6.36. The quantitative estimate of drug-likeness (QED) is 0.643. The summed E-state index contributed by atoms with van der Waals surface area (Å²) in [6.45, 7) is 0.268. The van der Waals surface area contributed by atoms with Crippen LogP contribution in [0, 0.1) is 5.82 Å². The highest BCUT2D eigenvalue weighted by molar-refractivity contribution is 5.89. The number of hydrogen-bond acceptors (Lipinski definition) is 4. The first-order valence-electron chi connectivity index (χ1n) is 8.82. The van der Waals surface area contributed by atoms with Crippen LogP contribution in [-0.2, 0) is 6.54 Å². The van der Waals surface area contributed by atoms with Crippen molar-refractivity contribution >= 4 is 17.4 Å². The number of carbonyl (C=O) groups excluding carboxylic acids is 1. The summed E-state index contributed by atoms with van der Waals surface area (Å²) in [5.74, 6) is 0.238. The van der Waals surface area contributed by atoms with Crippen molar-refractivity contribution in [1.82, 2.24) is 5.32 Å². The average Bonchev–Trinajstić information content (AvgIpc) is 3.05. The molecule has 4 rings (SSSR count). The van der Waals surface area contributed by atoms with Gasteiger partial charge in [0.15, 0.2) is 5.75 Å².